The first kappa shape index (κ1) is 15.5. The van der Waals surface area contributed by atoms with Gasteiger partial charge in [-0.2, -0.15) is 0 Å². The number of likely N-dealkylation sites (N-methyl/N-ethyl adjacent to an activating group) is 1. The van der Waals surface area contributed by atoms with Crippen LogP contribution in [0, 0.1) is 0 Å². The van der Waals surface area contributed by atoms with Gasteiger partial charge in [0.2, 0.25) is 0 Å². The fourth-order valence-corrected chi connectivity index (χ4v) is 1.95. The topological polar surface area (TPSA) is 52.6 Å². The Bertz CT molecular complexity index is 392. The number of aliphatic hydroxyl groups is 1. The van der Waals surface area contributed by atoms with E-state index in [0.29, 0.717) is 6.54 Å². The van der Waals surface area contributed by atoms with Gasteiger partial charge in [0.05, 0.1) is 6.10 Å². The molecule has 1 aromatic rings. The molecule has 0 spiro atoms. The molecule has 0 radical (unpaired) electrons. The van der Waals surface area contributed by atoms with Crippen LogP contribution in [-0.2, 0) is 0 Å². The highest BCUT2D eigenvalue weighted by molar-refractivity contribution is 5.74. The van der Waals surface area contributed by atoms with Gasteiger partial charge < -0.3 is 15.3 Å². The maximum atomic E-state index is 11.9. The van der Waals surface area contributed by atoms with E-state index < -0.39 is 6.10 Å². The first-order valence-electron chi connectivity index (χ1n) is 6.66. The summed E-state index contributed by atoms with van der Waals surface area (Å²) in [6.07, 6.45) is -0.516. The first-order chi connectivity index (χ1) is 8.91. The van der Waals surface area contributed by atoms with Crippen LogP contribution in [-0.4, -0.2) is 41.8 Å². The number of urea groups is 1. The maximum Gasteiger partial charge on any atom is 0.317 e. The van der Waals surface area contributed by atoms with E-state index in [2.05, 4.69) is 24.4 Å². The molecule has 2 N–H and O–H groups in total. The summed E-state index contributed by atoms with van der Waals surface area (Å²) >= 11 is 0. The van der Waals surface area contributed by atoms with E-state index in [-0.39, 0.29) is 18.0 Å². The number of benzene rings is 1. The molecule has 0 aliphatic rings. The SMILES string of the molecule is CC(O)CN(C)C(=O)NC(C)C(C)c1ccccc1. The molecule has 19 heavy (non-hydrogen) atoms. The minimum atomic E-state index is -0.516. The van der Waals surface area contributed by atoms with Gasteiger partial charge in [-0.1, -0.05) is 37.3 Å². The van der Waals surface area contributed by atoms with Gasteiger partial charge in [-0.15, -0.1) is 0 Å². The van der Waals surface area contributed by atoms with Crippen molar-refractivity contribution in [1.82, 2.24) is 10.2 Å². The number of nitrogens with zero attached hydrogens (tertiary/aromatic N) is 1. The van der Waals surface area contributed by atoms with Crippen LogP contribution in [0.4, 0.5) is 4.79 Å². The van der Waals surface area contributed by atoms with Crippen LogP contribution in [0.3, 0.4) is 0 Å². The third-order valence-electron chi connectivity index (χ3n) is 3.31. The van der Waals surface area contributed by atoms with Crippen LogP contribution < -0.4 is 5.32 Å². The average Bonchev–Trinajstić information content (AvgIpc) is 2.37. The van der Waals surface area contributed by atoms with E-state index in [1.807, 2.05) is 25.1 Å². The third kappa shape index (κ3) is 4.91. The number of hydrogen-bond donors (Lipinski definition) is 2. The molecule has 0 saturated heterocycles. The van der Waals surface area contributed by atoms with Crippen molar-refractivity contribution in [3.8, 4) is 0 Å². The van der Waals surface area contributed by atoms with Crippen molar-refractivity contribution in [2.75, 3.05) is 13.6 Å². The number of amides is 2. The Morgan fingerprint density at radius 3 is 2.37 bits per heavy atom. The lowest BCUT2D eigenvalue weighted by atomic mass is 9.94. The fourth-order valence-electron chi connectivity index (χ4n) is 1.95. The quantitative estimate of drug-likeness (QED) is 0.856. The summed E-state index contributed by atoms with van der Waals surface area (Å²) < 4.78 is 0. The van der Waals surface area contributed by atoms with E-state index in [1.165, 1.54) is 10.5 Å². The Morgan fingerprint density at radius 1 is 1.26 bits per heavy atom. The second-order valence-corrected chi connectivity index (χ2v) is 5.17. The van der Waals surface area contributed by atoms with Crippen molar-refractivity contribution in [3.63, 3.8) is 0 Å². The van der Waals surface area contributed by atoms with Crippen molar-refractivity contribution in [2.45, 2.75) is 38.8 Å². The van der Waals surface area contributed by atoms with Gasteiger partial charge >= 0.3 is 6.03 Å². The minimum Gasteiger partial charge on any atom is -0.392 e. The van der Waals surface area contributed by atoms with E-state index in [9.17, 15) is 9.90 Å². The molecule has 0 fully saturated rings. The summed E-state index contributed by atoms with van der Waals surface area (Å²) in [5, 5.41) is 12.2. The lowest BCUT2D eigenvalue weighted by Gasteiger charge is -2.26. The number of nitrogens with one attached hydrogen (secondary N) is 1. The van der Waals surface area contributed by atoms with Crippen molar-refractivity contribution < 1.29 is 9.90 Å². The highest BCUT2D eigenvalue weighted by Crippen LogP contribution is 2.18. The third-order valence-corrected chi connectivity index (χ3v) is 3.31. The van der Waals surface area contributed by atoms with Crippen LogP contribution in [0.25, 0.3) is 0 Å². The number of aliphatic hydroxyl groups excluding tert-OH is 1. The zero-order valence-electron chi connectivity index (χ0n) is 12.1. The molecule has 0 heterocycles. The number of carbonyl (C=O) groups is 1. The lowest BCUT2D eigenvalue weighted by Crippen LogP contribution is -2.45. The van der Waals surface area contributed by atoms with Crippen LogP contribution in [0.15, 0.2) is 30.3 Å². The van der Waals surface area contributed by atoms with Gasteiger partial charge in [-0.25, -0.2) is 4.79 Å². The Labute approximate surface area is 115 Å². The molecule has 4 nitrogen and oxygen atoms in total. The van der Waals surface area contributed by atoms with Gasteiger partial charge in [0.1, 0.15) is 0 Å². The number of carbonyl (C=O) groups excluding carboxylic acids is 1. The Hall–Kier alpha value is -1.55. The average molecular weight is 264 g/mol. The van der Waals surface area contributed by atoms with E-state index in [4.69, 9.17) is 0 Å². The largest absolute Gasteiger partial charge is 0.392 e. The smallest absolute Gasteiger partial charge is 0.317 e. The van der Waals surface area contributed by atoms with Crippen molar-refractivity contribution in [1.29, 1.82) is 0 Å². The monoisotopic (exact) mass is 264 g/mol. The number of hydrogen-bond acceptors (Lipinski definition) is 2. The standard InChI is InChI=1S/C15H24N2O2/c1-11(18)10-17(4)15(19)16-13(3)12(2)14-8-6-5-7-9-14/h5-9,11-13,18H,10H2,1-4H3,(H,16,19). The van der Waals surface area contributed by atoms with Gasteiger partial charge in [-0.05, 0) is 19.4 Å². The highest BCUT2D eigenvalue weighted by Gasteiger charge is 2.18. The molecule has 3 unspecified atom stereocenters. The second-order valence-electron chi connectivity index (χ2n) is 5.17. The van der Waals surface area contributed by atoms with Crippen molar-refractivity contribution in [3.05, 3.63) is 35.9 Å². The maximum absolute atomic E-state index is 11.9. The molecule has 4 heteroatoms. The predicted octanol–water partition coefficient (Wildman–Crippen LogP) is 2.20. The fraction of sp³-hybridized carbons (Fsp3) is 0.533. The summed E-state index contributed by atoms with van der Waals surface area (Å²) in [5.41, 5.74) is 1.20. The Kier molecular flexibility index (Phi) is 5.83. The van der Waals surface area contributed by atoms with Gasteiger partial charge in [0.25, 0.3) is 0 Å². The normalized spacial score (nSPS) is 15.4. The van der Waals surface area contributed by atoms with Crippen LogP contribution in [0.1, 0.15) is 32.3 Å². The molecule has 0 aromatic heterocycles. The molecule has 3 atom stereocenters. The lowest BCUT2D eigenvalue weighted by molar-refractivity contribution is 0.142. The van der Waals surface area contributed by atoms with Crippen molar-refractivity contribution in [2.24, 2.45) is 0 Å². The molecule has 1 rings (SSSR count). The zero-order valence-corrected chi connectivity index (χ0v) is 12.1. The van der Waals surface area contributed by atoms with E-state index >= 15 is 0 Å². The molecule has 0 aliphatic carbocycles. The van der Waals surface area contributed by atoms with Crippen molar-refractivity contribution >= 4 is 6.03 Å². The zero-order chi connectivity index (χ0) is 14.4. The van der Waals surface area contributed by atoms with Crippen LogP contribution in [0.5, 0.6) is 0 Å². The molecule has 0 saturated carbocycles. The minimum absolute atomic E-state index is 0.0337. The molecule has 1 aromatic carbocycles. The highest BCUT2D eigenvalue weighted by atomic mass is 16.3. The van der Waals surface area contributed by atoms with Gasteiger partial charge in [0.15, 0.2) is 0 Å². The van der Waals surface area contributed by atoms with Crippen LogP contribution in [0.2, 0.25) is 0 Å². The summed E-state index contributed by atoms with van der Waals surface area (Å²) in [5.74, 6) is 0.241. The summed E-state index contributed by atoms with van der Waals surface area (Å²) in [7, 11) is 1.68. The first-order valence-corrected chi connectivity index (χ1v) is 6.66. The predicted molar refractivity (Wildman–Crippen MR) is 77.2 cm³/mol. The molecule has 0 aliphatic heterocycles. The summed E-state index contributed by atoms with van der Waals surface area (Å²) in [6, 6.07) is 9.98. The second kappa shape index (κ2) is 7.14. The molecule has 2 amide bonds. The molecular weight excluding hydrogens is 240 g/mol. The Balaban J connectivity index is 2.55. The van der Waals surface area contributed by atoms with Gasteiger partial charge in [-0.3, -0.25) is 0 Å². The summed E-state index contributed by atoms with van der Waals surface area (Å²) in [6.45, 7) is 6.08. The molecule has 106 valence electrons. The van der Waals surface area contributed by atoms with Crippen LogP contribution >= 0.6 is 0 Å². The van der Waals surface area contributed by atoms with Gasteiger partial charge in [0, 0.05) is 25.6 Å². The van der Waals surface area contributed by atoms with E-state index in [0.717, 1.165) is 0 Å². The number of rotatable bonds is 5. The Morgan fingerprint density at radius 2 is 1.84 bits per heavy atom. The molecule has 0 bridgehead atoms. The summed E-state index contributed by atoms with van der Waals surface area (Å²) in [4.78, 5) is 13.4. The van der Waals surface area contributed by atoms with E-state index in [1.54, 1.807) is 14.0 Å². The molecular formula is C15H24N2O2.